The first-order chi connectivity index (χ1) is 11.7. The average molecular weight is 334 g/mol. The summed E-state index contributed by atoms with van der Waals surface area (Å²) in [5, 5.41) is 11.9. The van der Waals surface area contributed by atoms with Crippen LogP contribution < -0.4 is 10.5 Å². The Morgan fingerprint density at radius 3 is 2.67 bits per heavy atom. The molecule has 3 aromatic rings. The van der Waals surface area contributed by atoms with Gasteiger partial charge in [0.25, 0.3) is 0 Å². The number of rotatable bonds is 1. The molecule has 4 rings (SSSR count). The quantitative estimate of drug-likeness (QED) is 0.727. The fraction of sp³-hybridized carbons (Fsp3) is 0.0526. The maximum Gasteiger partial charge on any atom is 0.205 e. The highest BCUT2D eigenvalue weighted by Gasteiger charge is 2.32. The second kappa shape index (κ2) is 5.55. The zero-order chi connectivity index (χ0) is 16.7. The van der Waals surface area contributed by atoms with Gasteiger partial charge in [0.1, 0.15) is 17.4 Å². The molecule has 0 amide bonds. The molecule has 0 saturated carbocycles. The molecule has 0 aliphatic carbocycles. The SMILES string of the molecule is N#CC1=C(N)Oc2c(cc(Cl)c3ccccc23)[C@H]1c1cccnc1. The van der Waals surface area contributed by atoms with Crippen LogP contribution in [0.15, 0.2) is 66.3 Å². The van der Waals surface area contributed by atoms with Gasteiger partial charge >= 0.3 is 0 Å². The minimum Gasteiger partial charge on any atom is -0.440 e. The minimum absolute atomic E-state index is 0.117. The molecule has 2 heterocycles. The summed E-state index contributed by atoms with van der Waals surface area (Å²) in [5.74, 6) is 0.404. The van der Waals surface area contributed by atoms with Gasteiger partial charge in [0.2, 0.25) is 5.88 Å². The molecule has 0 unspecified atom stereocenters. The first-order valence-electron chi connectivity index (χ1n) is 7.39. The van der Waals surface area contributed by atoms with Crippen molar-refractivity contribution in [1.82, 2.24) is 4.98 Å². The van der Waals surface area contributed by atoms with E-state index in [1.165, 1.54) is 0 Å². The summed E-state index contributed by atoms with van der Waals surface area (Å²) in [4.78, 5) is 4.16. The van der Waals surface area contributed by atoms with E-state index in [4.69, 9.17) is 22.1 Å². The number of ether oxygens (including phenoxy) is 1. The van der Waals surface area contributed by atoms with Crippen LogP contribution >= 0.6 is 11.6 Å². The number of nitrogens with two attached hydrogens (primary N) is 1. The number of hydrogen-bond donors (Lipinski definition) is 1. The average Bonchev–Trinajstić information content (AvgIpc) is 2.62. The second-order valence-corrected chi connectivity index (χ2v) is 5.94. The van der Waals surface area contributed by atoms with Gasteiger partial charge in [-0.05, 0) is 17.7 Å². The predicted molar refractivity (Wildman–Crippen MR) is 92.5 cm³/mol. The van der Waals surface area contributed by atoms with Crippen molar-refractivity contribution in [3.63, 3.8) is 0 Å². The van der Waals surface area contributed by atoms with Crippen molar-refractivity contribution in [1.29, 1.82) is 5.26 Å². The number of nitrogens with zero attached hydrogens (tertiary/aromatic N) is 2. The number of nitriles is 1. The summed E-state index contributed by atoms with van der Waals surface area (Å²) < 4.78 is 5.81. The third-order valence-corrected chi connectivity index (χ3v) is 4.50. The van der Waals surface area contributed by atoms with Crippen molar-refractivity contribution in [3.05, 3.63) is 82.5 Å². The summed E-state index contributed by atoms with van der Waals surface area (Å²) in [6.07, 6.45) is 3.42. The van der Waals surface area contributed by atoms with E-state index in [1.807, 2.05) is 42.5 Å². The molecule has 1 aliphatic heterocycles. The van der Waals surface area contributed by atoms with Gasteiger partial charge in [-0.3, -0.25) is 4.98 Å². The summed E-state index contributed by atoms with van der Waals surface area (Å²) in [5.41, 5.74) is 8.09. The Kier molecular flexibility index (Phi) is 3.37. The first kappa shape index (κ1) is 14.6. The molecule has 0 saturated heterocycles. The standard InChI is InChI=1S/C19H12ClN3O/c20-16-8-14-17(11-4-3-7-23-10-11)15(9-21)19(22)24-18(14)13-6-2-1-5-12(13)16/h1-8,10,17H,22H2/t17-/m1/s1. The summed E-state index contributed by atoms with van der Waals surface area (Å²) in [6, 6.07) is 15.5. The fourth-order valence-electron chi connectivity index (χ4n) is 3.13. The lowest BCUT2D eigenvalue weighted by molar-refractivity contribution is 0.398. The molecule has 24 heavy (non-hydrogen) atoms. The number of allylic oxidation sites excluding steroid dienone is 1. The lowest BCUT2D eigenvalue weighted by atomic mass is 9.83. The number of hydrogen-bond acceptors (Lipinski definition) is 4. The Balaban J connectivity index is 2.07. The van der Waals surface area contributed by atoms with E-state index in [2.05, 4.69) is 11.1 Å². The van der Waals surface area contributed by atoms with Crippen LogP contribution in [-0.2, 0) is 0 Å². The number of pyridine rings is 1. The van der Waals surface area contributed by atoms with Crippen molar-refractivity contribution < 1.29 is 4.74 Å². The molecule has 5 heteroatoms. The molecule has 4 nitrogen and oxygen atoms in total. The summed E-state index contributed by atoms with van der Waals surface area (Å²) >= 11 is 6.47. The van der Waals surface area contributed by atoms with Crippen LogP contribution in [-0.4, -0.2) is 4.98 Å². The summed E-state index contributed by atoms with van der Waals surface area (Å²) in [7, 11) is 0. The molecule has 0 radical (unpaired) electrons. The largest absolute Gasteiger partial charge is 0.440 e. The maximum absolute atomic E-state index is 9.58. The number of fused-ring (bicyclic) bond motifs is 3. The third kappa shape index (κ3) is 2.10. The first-order valence-corrected chi connectivity index (χ1v) is 7.77. The predicted octanol–water partition coefficient (Wildman–Crippen LogP) is 4.11. The zero-order valence-electron chi connectivity index (χ0n) is 12.5. The Bertz CT molecular complexity index is 1020. The van der Waals surface area contributed by atoms with Gasteiger partial charge in [0.05, 0.1) is 5.92 Å². The molecule has 0 fully saturated rings. The topological polar surface area (TPSA) is 71.9 Å². The minimum atomic E-state index is -0.352. The van der Waals surface area contributed by atoms with E-state index < -0.39 is 0 Å². The Labute approximate surface area is 143 Å². The lowest BCUT2D eigenvalue weighted by Gasteiger charge is -2.27. The smallest absolute Gasteiger partial charge is 0.205 e. The second-order valence-electron chi connectivity index (χ2n) is 5.53. The van der Waals surface area contributed by atoms with Crippen LogP contribution in [0.1, 0.15) is 17.0 Å². The summed E-state index contributed by atoms with van der Waals surface area (Å²) in [6.45, 7) is 0. The van der Waals surface area contributed by atoms with Crippen LogP contribution in [0.5, 0.6) is 5.75 Å². The van der Waals surface area contributed by atoms with Crippen molar-refractivity contribution in [2.24, 2.45) is 5.73 Å². The van der Waals surface area contributed by atoms with E-state index in [0.29, 0.717) is 16.3 Å². The monoisotopic (exact) mass is 333 g/mol. The van der Waals surface area contributed by atoms with Gasteiger partial charge in [-0.15, -0.1) is 0 Å². The van der Waals surface area contributed by atoms with Crippen molar-refractivity contribution >= 4 is 22.4 Å². The van der Waals surface area contributed by atoms with Crippen molar-refractivity contribution in [2.45, 2.75) is 5.92 Å². The Morgan fingerprint density at radius 1 is 1.17 bits per heavy atom. The van der Waals surface area contributed by atoms with Gasteiger partial charge in [0, 0.05) is 33.8 Å². The van der Waals surface area contributed by atoms with Gasteiger partial charge in [0.15, 0.2) is 0 Å². The van der Waals surface area contributed by atoms with E-state index in [0.717, 1.165) is 21.9 Å². The van der Waals surface area contributed by atoms with Gasteiger partial charge in [-0.25, -0.2) is 0 Å². The molecule has 116 valence electrons. The van der Waals surface area contributed by atoms with Crippen molar-refractivity contribution in [3.8, 4) is 11.8 Å². The van der Waals surface area contributed by atoms with E-state index >= 15 is 0 Å². The molecule has 2 N–H and O–H groups in total. The Morgan fingerprint density at radius 2 is 1.96 bits per heavy atom. The lowest BCUT2D eigenvalue weighted by Crippen LogP contribution is -2.21. The molecule has 1 aliphatic rings. The molecule has 0 bridgehead atoms. The molecular weight excluding hydrogens is 322 g/mol. The van der Waals surface area contributed by atoms with Crippen LogP contribution in [0, 0.1) is 11.3 Å². The van der Waals surface area contributed by atoms with Gasteiger partial charge < -0.3 is 10.5 Å². The van der Waals surface area contributed by atoms with Crippen LogP contribution in [0.4, 0.5) is 0 Å². The highest BCUT2D eigenvalue weighted by Crippen LogP contribution is 2.47. The maximum atomic E-state index is 9.58. The van der Waals surface area contributed by atoms with Crippen molar-refractivity contribution in [2.75, 3.05) is 0 Å². The van der Waals surface area contributed by atoms with Gasteiger partial charge in [-0.2, -0.15) is 5.26 Å². The molecule has 2 aromatic carbocycles. The fourth-order valence-corrected chi connectivity index (χ4v) is 3.41. The van der Waals surface area contributed by atoms with Crippen LogP contribution in [0.3, 0.4) is 0 Å². The molecule has 1 aromatic heterocycles. The van der Waals surface area contributed by atoms with Crippen LogP contribution in [0.25, 0.3) is 10.8 Å². The Hall–Kier alpha value is -3.03. The number of halogens is 1. The highest BCUT2D eigenvalue weighted by molar-refractivity contribution is 6.36. The number of benzene rings is 2. The molecule has 0 spiro atoms. The van der Waals surface area contributed by atoms with E-state index in [9.17, 15) is 5.26 Å². The van der Waals surface area contributed by atoms with E-state index in [-0.39, 0.29) is 11.8 Å². The molecular formula is C19H12ClN3O. The van der Waals surface area contributed by atoms with E-state index in [1.54, 1.807) is 12.4 Å². The number of aromatic nitrogens is 1. The highest BCUT2D eigenvalue weighted by atomic mass is 35.5. The molecule has 1 atom stereocenters. The third-order valence-electron chi connectivity index (χ3n) is 4.19. The zero-order valence-corrected chi connectivity index (χ0v) is 13.3. The normalized spacial score (nSPS) is 16.4. The van der Waals surface area contributed by atoms with Crippen LogP contribution in [0.2, 0.25) is 5.02 Å². The van der Waals surface area contributed by atoms with Gasteiger partial charge in [-0.1, -0.05) is 41.9 Å².